The molecule has 1 aliphatic heterocycles. The number of nitrogens with one attached hydrogen (secondary N) is 1. The monoisotopic (exact) mass is 290 g/mol. The molecule has 2 amide bonds. The molecular formula is C15H22N4O2. The van der Waals surface area contributed by atoms with Crippen LogP contribution in [0.2, 0.25) is 0 Å². The van der Waals surface area contributed by atoms with E-state index >= 15 is 0 Å². The van der Waals surface area contributed by atoms with Crippen LogP contribution in [0.15, 0.2) is 6.07 Å². The van der Waals surface area contributed by atoms with Crippen LogP contribution in [0.3, 0.4) is 0 Å². The van der Waals surface area contributed by atoms with Crippen molar-refractivity contribution >= 4 is 11.8 Å². The number of carbonyl (C=O) groups is 2. The van der Waals surface area contributed by atoms with E-state index in [0.717, 1.165) is 57.2 Å². The molecule has 6 nitrogen and oxygen atoms in total. The number of piperidine rings is 1. The second-order valence-electron chi connectivity index (χ2n) is 6.10. The van der Waals surface area contributed by atoms with Crippen molar-refractivity contribution in [3.63, 3.8) is 0 Å². The van der Waals surface area contributed by atoms with Gasteiger partial charge >= 0.3 is 0 Å². The van der Waals surface area contributed by atoms with Crippen LogP contribution < -0.4 is 5.73 Å². The zero-order valence-corrected chi connectivity index (χ0v) is 12.2. The van der Waals surface area contributed by atoms with Crippen molar-refractivity contribution in [3.8, 4) is 0 Å². The first-order valence-corrected chi connectivity index (χ1v) is 7.82. The Morgan fingerprint density at radius 1 is 1.19 bits per heavy atom. The molecule has 1 aromatic rings. The topological polar surface area (TPSA) is 92.1 Å². The molecule has 6 heteroatoms. The molecule has 2 fully saturated rings. The predicted octanol–water partition coefficient (Wildman–Crippen LogP) is 1.75. The van der Waals surface area contributed by atoms with E-state index in [9.17, 15) is 9.59 Å². The molecule has 1 aromatic heterocycles. The number of hydrogen-bond donors (Lipinski definition) is 2. The largest absolute Gasteiger partial charge is 0.364 e. The lowest BCUT2D eigenvalue weighted by Gasteiger charge is -2.36. The van der Waals surface area contributed by atoms with Crippen molar-refractivity contribution in [1.29, 1.82) is 0 Å². The molecule has 21 heavy (non-hydrogen) atoms. The first-order valence-electron chi connectivity index (χ1n) is 7.82. The molecule has 0 bridgehead atoms. The third-order valence-corrected chi connectivity index (χ3v) is 4.70. The fraction of sp³-hybridized carbons (Fsp3) is 0.667. The van der Waals surface area contributed by atoms with E-state index in [-0.39, 0.29) is 23.6 Å². The number of carbonyl (C=O) groups excluding carboxylic acids is 2. The molecule has 0 unspecified atom stereocenters. The van der Waals surface area contributed by atoms with Crippen molar-refractivity contribution in [2.45, 2.75) is 51.0 Å². The maximum atomic E-state index is 12.7. The number of H-pyrrole nitrogens is 1. The number of nitrogens with zero attached hydrogens (tertiary/aromatic N) is 2. The zero-order chi connectivity index (χ0) is 14.8. The highest BCUT2D eigenvalue weighted by Gasteiger charge is 2.34. The molecule has 1 aliphatic carbocycles. The fourth-order valence-corrected chi connectivity index (χ4v) is 3.56. The van der Waals surface area contributed by atoms with Crippen molar-refractivity contribution in [3.05, 3.63) is 17.5 Å². The Labute approximate surface area is 124 Å². The molecule has 2 aliphatic rings. The molecule has 114 valence electrons. The molecule has 0 spiro atoms. The van der Waals surface area contributed by atoms with E-state index in [4.69, 9.17) is 5.73 Å². The molecule has 1 atom stereocenters. The standard InChI is InChI=1S/C15H22N4O2/c16-14(20)12-9-11(17-18-12)13-7-3-4-8-19(13)15(21)10-5-1-2-6-10/h9-10,13H,1-8H2,(H2,16,20)(H,17,18)/t13-/m1/s1. The van der Waals surface area contributed by atoms with E-state index in [1.54, 1.807) is 6.07 Å². The van der Waals surface area contributed by atoms with Gasteiger partial charge in [0.25, 0.3) is 5.91 Å². The van der Waals surface area contributed by atoms with Crippen molar-refractivity contribution in [2.24, 2.45) is 11.7 Å². The molecule has 2 heterocycles. The smallest absolute Gasteiger partial charge is 0.269 e. The number of aromatic amines is 1. The maximum absolute atomic E-state index is 12.7. The number of likely N-dealkylation sites (tertiary alicyclic amines) is 1. The summed E-state index contributed by atoms with van der Waals surface area (Å²) in [6, 6.07) is 1.69. The highest BCUT2D eigenvalue weighted by molar-refractivity contribution is 5.90. The molecule has 1 saturated carbocycles. The van der Waals surface area contributed by atoms with Gasteiger partial charge in [0.1, 0.15) is 5.69 Å². The number of nitrogens with two attached hydrogens (primary N) is 1. The average Bonchev–Trinajstić information content (AvgIpc) is 3.18. The van der Waals surface area contributed by atoms with Crippen LogP contribution in [-0.2, 0) is 4.79 Å². The van der Waals surface area contributed by atoms with Crippen LogP contribution in [0.25, 0.3) is 0 Å². The highest BCUT2D eigenvalue weighted by atomic mass is 16.2. The minimum atomic E-state index is -0.540. The lowest BCUT2D eigenvalue weighted by Crippen LogP contribution is -2.41. The number of rotatable bonds is 3. The van der Waals surface area contributed by atoms with Gasteiger partial charge in [0.05, 0.1) is 11.7 Å². The summed E-state index contributed by atoms with van der Waals surface area (Å²) >= 11 is 0. The lowest BCUT2D eigenvalue weighted by atomic mass is 9.96. The predicted molar refractivity (Wildman–Crippen MR) is 77.4 cm³/mol. The summed E-state index contributed by atoms with van der Waals surface area (Å²) < 4.78 is 0. The van der Waals surface area contributed by atoms with E-state index in [1.807, 2.05) is 4.90 Å². The second-order valence-corrected chi connectivity index (χ2v) is 6.10. The van der Waals surface area contributed by atoms with Crippen LogP contribution in [0.4, 0.5) is 0 Å². The summed E-state index contributed by atoms with van der Waals surface area (Å²) in [5.74, 6) is -0.0847. The van der Waals surface area contributed by atoms with Crippen LogP contribution in [0, 0.1) is 5.92 Å². The molecule has 0 aromatic carbocycles. The molecule has 1 saturated heterocycles. The van der Waals surface area contributed by atoms with Gasteiger partial charge in [0, 0.05) is 12.5 Å². The van der Waals surface area contributed by atoms with Crippen molar-refractivity contribution in [2.75, 3.05) is 6.54 Å². The van der Waals surface area contributed by atoms with E-state index in [0.29, 0.717) is 0 Å². The third-order valence-electron chi connectivity index (χ3n) is 4.70. The zero-order valence-electron chi connectivity index (χ0n) is 12.2. The van der Waals surface area contributed by atoms with Gasteiger partial charge in [-0.3, -0.25) is 14.7 Å². The van der Waals surface area contributed by atoms with Crippen molar-refractivity contribution in [1.82, 2.24) is 15.1 Å². The molecule has 0 radical (unpaired) electrons. The minimum absolute atomic E-state index is 0.00690. The van der Waals surface area contributed by atoms with Gasteiger partial charge < -0.3 is 10.6 Å². The first kappa shape index (κ1) is 14.1. The van der Waals surface area contributed by atoms with Crippen LogP contribution in [-0.4, -0.2) is 33.5 Å². The summed E-state index contributed by atoms with van der Waals surface area (Å²) in [5, 5.41) is 6.83. The summed E-state index contributed by atoms with van der Waals surface area (Å²) in [7, 11) is 0. The maximum Gasteiger partial charge on any atom is 0.269 e. The van der Waals surface area contributed by atoms with E-state index in [1.165, 1.54) is 0 Å². The quantitative estimate of drug-likeness (QED) is 0.888. The van der Waals surface area contributed by atoms with Gasteiger partial charge in [-0.1, -0.05) is 12.8 Å². The Morgan fingerprint density at radius 2 is 1.90 bits per heavy atom. The second kappa shape index (κ2) is 5.87. The average molecular weight is 290 g/mol. The van der Waals surface area contributed by atoms with Gasteiger partial charge in [-0.15, -0.1) is 0 Å². The normalized spacial score (nSPS) is 23.4. The van der Waals surface area contributed by atoms with E-state index < -0.39 is 5.91 Å². The van der Waals surface area contributed by atoms with Gasteiger partial charge in [0.15, 0.2) is 0 Å². The third kappa shape index (κ3) is 2.80. The summed E-state index contributed by atoms with van der Waals surface area (Å²) in [4.78, 5) is 25.9. The Bertz CT molecular complexity index is 534. The van der Waals surface area contributed by atoms with Crippen LogP contribution in [0.1, 0.15) is 67.2 Å². The Kier molecular flexibility index (Phi) is 3.94. The minimum Gasteiger partial charge on any atom is -0.364 e. The summed E-state index contributed by atoms with van der Waals surface area (Å²) in [5.41, 5.74) is 6.32. The summed E-state index contributed by atoms with van der Waals surface area (Å²) in [6.45, 7) is 0.797. The first-order chi connectivity index (χ1) is 10.2. The van der Waals surface area contributed by atoms with Crippen LogP contribution in [0.5, 0.6) is 0 Å². The lowest BCUT2D eigenvalue weighted by molar-refractivity contribution is -0.139. The molecular weight excluding hydrogens is 268 g/mol. The van der Waals surface area contributed by atoms with E-state index in [2.05, 4.69) is 10.2 Å². The molecule has 3 N–H and O–H groups in total. The highest BCUT2D eigenvalue weighted by Crippen LogP contribution is 2.34. The van der Waals surface area contributed by atoms with Crippen molar-refractivity contribution < 1.29 is 9.59 Å². The number of aromatic nitrogens is 2. The fourth-order valence-electron chi connectivity index (χ4n) is 3.56. The number of primary amides is 1. The van der Waals surface area contributed by atoms with Gasteiger partial charge in [0.2, 0.25) is 5.91 Å². The summed E-state index contributed by atoms with van der Waals surface area (Å²) in [6.07, 6.45) is 7.39. The SMILES string of the molecule is NC(=O)c1cc([C@H]2CCCCN2C(=O)C2CCCC2)[nH]n1. The van der Waals surface area contributed by atoms with Gasteiger partial charge in [-0.2, -0.15) is 5.10 Å². The van der Waals surface area contributed by atoms with Gasteiger partial charge in [-0.05, 0) is 38.2 Å². The Balaban J connectivity index is 1.79. The Morgan fingerprint density at radius 3 is 2.57 bits per heavy atom. The van der Waals surface area contributed by atoms with Gasteiger partial charge in [-0.25, -0.2) is 0 Å². The Hall–Kier alpha value is -1.85. The number of hydrogen-bond acceptors (Lipinski definition) is 3. The van der Waals surface area contributed by atoms with Crippen LogP contribution >= 0.6 is 0 Å². The number of amides is 2. The molecule has 3 rings (SSSR count).